The van der Waals surface area contributed by atoms with E-state index < -0.39 is 0 Å². The maximum absolute atomic E-state index is 13.0. The van der Waals surface area contributed by atoms with E-state index in [-0.39, 0.29) is 11.9 Å². The molecular weight excluding hydrogens is 348 g/mol. The van der Waals surface area contributed by atoms with Gasteiger partial charge in [-0.05, 0) is 72.4 Å². The molecule has 2 saturated heterocycles. The molecule has 1 aromatic rings. The van der Waals surface area contributed by atoms with Crippen molar-refractivity contribution in [2.75, 3.05) is 26.2 Å². The van der Waals surface area contributed by atoms with Crippen molar-refractivity contribution in [2.24, 2.45) is 0 Å². The lowest BCUT2D eigenvalue weighted by Gasteiger charge is -2.37. The van der Waals surface area contributed by atoms with Crippen LogP contribution in [-0.4, -0.2) is 57.7 Å². The first kappa shape index (κ1) is 19.7. The van der Waals surface area contributed by atoms with E-state index in [0.29, 0.717) is 17.5 Å². The number of carbonyl (C=O) groups excluding carboxylic acids is 1. The lowest BCUT2D eigenvalue weighted by atomic mass is 9.98. The fourth-order valence-corrected chi connectivity index (χ4v) is 4.62. The predicted octanol–water partition coefficient (Wildman–Crippen LogP) is 3.97. The van der Waals surface area contributed by atoms with Gasteiger partial charge >= 0.3 is 0 Å². The third kappa shape index (κ3) is 4.42. The Bertz CT molecular complexity index is 624. The molecule has 2 fully saturated rings. The molecule has 0 aliphatic carbocycles. The molecule has 6 heteroatoms. The van der Waals surface area contributed by atoms with Gasteiger partial charge in [-0.1, -0.05) is 11.6 Å². The number of aromatic nitrogens is 2. The van der Waals surface area contributed by atoms with Crippen LogP contribution in [0.3, 0.4) is 0 Å². The Morgan fingerprint density at radius 2 is 1.88 bits per heavy atom. The van der Waals surface area contributed by atoms with Crippen molar-refractivity contribution in [2.45, 2.75) is 77.8 Å². The first-order valence-electron chi connectivity index (χ1n) is 10.2. The summed E-state index contributed by atoms with van der Waals surface area (Å²) in [5, 5.41) is 5.24. The van der Waals surface area contributed by atoms with Crippen LogP contribution in [0, 0.1) is 13.8 Å². The second kappa shape index (κ2) is 8.75. The molecule has 3 heterocycles. The highest BCUT2D eigenvalue weighted by Gasteiger charge is 2.29. The van der Waals surface area contributed by atoms with E-state index >= 15 is 0 Å². The quantitative estimate of drug-likeness (QED) is 0.749. The highest BCUT2D eigenvalue weighted by Crippen LogP contribution is 2.26. The van der Waals surface area contributed by atoms with Gasteiger partial charge in [-0.2, -0.15) is 5.10 Å². The van der Waals surface area contributed by atoms with Gasteiger partial charge < -0.3 is 9.80 Å². The number of hydrogen-bond acceptors (Lipinski definition) is 3. The van der Waals surface area contributed by atoms with Crippen molar-refractivity contribution in [3.63, 3.8) is 0 Å². The molecule has 2 aliphatic rings. The van der Waals surface area contributed by atoms with Gasteiger partial charge in [0.05, 0.1) is 22.5 Å². The fourth-order valence-electron chi connectivity index (χ4n) is 4.50. The molecular formula is C20H33ClN4O. The monoisotopic (exact) mass is 380 g/mol. The van der Waals surface area contributed by atoms with Crippen molar-refractivity contribution in [3.8, 4) is 0 Å². The summed E-state index contributed by atoms with van der Waals surface area (Å²) < 4.78 is 1.92. The third-order valence-corrected chi connectivity index (χ3v) is 6.60. The number of carbonyl (C=O) groups is 1. The summed E-state index contributed by atoms with van der Waals surface area (Å²) in [6.07, 6.45) is 7.80. The number of halogens is 1. The number of likely N-dealkylation sites (tertiary alicyclic amines) is 2. The number of aryl methyl sites for hydroxylation is 1. The van der Waals surface area contributed by atoms with E-state index in [4.69, 9.17) is 11.6 Å². The lowest BCUT2D eigenvalue weighted by molar-refractivity contribution is -0.135. The number of hydrogen-bond donors (Lipinski definition) is 0. The Morgan fingerprint density at radius 1 is 1.19 bits per heavy atom. The Kier molecular flexibility index (Phi) is 6.62. The number of piperidine rings is 1. The third-order valence-electron chi connectivity index (χ3n) is 6.05. The van der Waals surface area contributed by atoms with Gasteiger partial charge in [0.1, 0.15) is 0 Å². The molecule has 0 unspecified atom stereocenters. The van der Waals surface area contributed by atoms with Crippen LogP contribution in [0.5, 0.6) is 0 Å². The van der Waals surface area contributed by atoms with E-state index in [1.54, 1.807) is 0 Å². The zero-order valence-electron chi connectivity index (χ0n) is 16.5. The SMILES string of the molecule is Cc1nn([C@H](C)CC(=O)N2CCCC[C@H]2CCN2CCCC2)c(C)c1Cl. The molecule has 0 radical (unpaired) electrons. The smallest absolute Gasteiger partial charge is 0.224 e. The minimum atomic E-state index is 0.0369. The first-order chi connectivity index (χ1) is 12.5. The minimum absolute atomic E-state index is 0.0369. The Hall–Kier alpha value is -1.07. The molecule has 146 valence electrons. The number of nitrogens with zero attached hydrogens (tertiary/aromatic N) is 4. The Labute approximate surface area is 162 Å². The topological polar surface area (TPSA) is 41.4 Å². The summed E-state index contributed by atoms with van der Waals surface area (Å²) >= 11 is 6.27. The van der Waals surface area contributed by atoms with Gasteiger partial charge in [0.15, 0.2) is 0 Å². The van der Waals surface area contributed by atoms with E-state index in [1.165, 1.54) is 32.4 Å². The molecule has 0 N–H and O–H groups in total. The van der Waals surface area contributed by atoms with Crippen LogP contribution in [0.15, 0.2) is 0 Å². The van der Waals surface area contributed by atoms with Gasteiger partial charge in [-0.15, -0.1) is 0 Å². The number of rotatable bonds is 6. The molecule has 2 aliphatic heterocycles. The molecule has 0 aromatic carbocycles. The fraction of sp³-hybridized carbons (Fsp3) is 0.800. The maximum Gasteiger partial charge on any atom is 0.224 e. The van der Waals surface area contributed by atoms with Gasteiger partial charge in [0, 0.05) is 25.6 Å². The minimum Gasteiger partial charge on any atom is -0.340 e. The lowest BCUT2D eigenvalue weighted by Crippen LogP contribution is -2.45. The highest BCUT2D eigenvalue weighted by atomic mass is 35.5. The van der Waals surface area contributed by atoms with Crippen LogP contribution < -0.4 is 0 Å². The number of amides is 1. The Morgan fingerprint density at radius 3 is 2.54 bits per heavy atom. The predicted molar refractivity (Wildman–Crippen MR) is 106 cm³/mol. The standard InChI is InChI=1S/C20H33ClN4O/c1-15(25-17(3)20(21)16(2)22-25)14-19(26)24-12-5-4-8-18(24)9-13-23-10-6-7-11-23/h15,18H,4-14H2,1-3H3/t15-,18+/m1/s1. The highest BCUT2D eigenvalue weighted by molar-refractivity contribution is 6.31. The van der Waals surface area contributed by atoms with Crippen molar-refractivity contribution in [3.05, 3.63) is 16.4 Å². The van der Waals surface area contributed by atoms with Gasteiger partial charge in [0.2, 0.25) is 5.91 Å². The average molecular weight is 381 g/mol. The van der Waals surface area contributed by atoms with E-state index in [9.17, 15) is 4.79 Å². The molecule has 1 aromatic heterocycles. The molecule has 0 spiro atoms. The Balaban J connectivity index is 1.59. The van der Waals surface area contributed by atoms with Crippen molar-refractivity contribution in [1.29, 1.82) is 0 Å². The summed E-state index contributed by atoms with van der Waals surface area (Å²) in [7, 11) is 0. The van der Waals surface area contributed by atoms with E-state index in [2.05, 4.69) is 21.8 Å². The van der Waals surface area contributed by atoms with Crippen molar-refractivity contribution < 1.29 is 4.79 Å². The summed E-state index contributed by atoms with van der Waals surface area (Å²) in [6.45, 7) is 10.5. The van der Waals surface area contributed by atoms with Crippen LogP contribution in [0.2, 0.25) is 5.02 Å². The van der Waals surface area contributed by atoms with E-state index in [0.717, 1.165) is 43.7 Å². The summed E-state index contributed by atoms with van der Waals surface area (Å²) in [4.78, 5) is 17.7. The summed E-state index contributed by atoms with van der Waals surface area (Å²) in [6, 6.07) is 0.447. The van der Waals surface area contributed by atoms with E-state index in [1.807, 2.05) is 18.5 Å². The molecule has 2 atom stereocenters. The second-order valence-electron chi connectivity index (χ2n) is 8.06. The largest absolute Gasteiger partial charge is 0.340 e. The summed E-state index contributed by atoms with van der Waals surface area (Å²) in [5.74, 6) is 0.271. The zero-order chi connectivity index (χ0) is 18.7. The van der Waals surface area contributed by atoms with Gasteiger partial charge in [-0.3, -0.25) is 9.48 Å². The normalized spacial score (nSPS) is 22.8. The van der Waals surface area contributed by atoms with Gasteiger partial charge in [-0.25, -0.2) is 0 Å². The van der Waals surface area contributed by atoms with Crippen molar-refractivity contribution >= 4 is 17.5 Å². The molecule has 26 heavy (non-hydrogen) atoms. The van der Waals surface area contributed by atoms with Crippen LogP contribution in [0.1, 0.15) is 69.3 Å². The molecule has 0 saturated carbocycles. The maximum atomic E-state index is 13.0. The van der Waals surface area contributed by atoms with Crippen LogP contribution in [0.25, 0.3) is 0 Å². The molecule has 5 nitrogen and oxygen atoms in total. The summed E-state index contributed by atoms with van der Waals surface area (Å²) in [5.41, 5.74) is 1.79. The molecule has 1 amide bonds. The van der Waals surface area contributed by atoms with Gasteiger partial charge in [0.25, 0.3) is 0 Å². The van der Waals surface area contributed by atoms with Crippen LogP contribution in [-0.2, 0) is 4.79 Å². The molecule has 0 bridgehead atoms. The van der Waals surface area contributed by atoms with Crippen LogP contribution in [0.4, 0.5) is 0 Å². The molecule has 3 rings (SSSR count). The van der Waals surface area contributed by atoms with Crippen LogP contribution >= 0.6 is 11.6 Å². The average Bonchev–Trinajstić information content (AvgIpc) is 3.24. The second-order valence-corrected chi connectivity index (χ2v) is 8.43. The first-order valence-corrected chi connectivity index (χ1v) is 10.6. The zero-order valence-corrected chi connectivity index (χ0v) is 17.3. The van der Waals surface area contributed by atoms with Crippen molar-refractivity contribution in [1.82, 2.24) is 19.6 Å².